The molecule has 1 N–H and O–H groups in total. The summed E-state index contributed by atoms with van der Waals surface area (Å²) in [4.78, 5) is 4.44. The SMILES string of the molecule is CCC1CCC(Nc2ncccc2OC(C)C)C1C. The third kappa shape index (κ3) is 3.40. The van der Waals surface area contributed by atoms with Crippen LogP contribution >= 0.6 is 0 Å². The maximum Gasteiger partial charge on any atom is 0.168 e. The van der Waals surface area contributed by atoms with E-state index in [1.807, 2.05) is 32.2 Å². The van der Waals surface area contributed by atoms with Crippen molar-refractivity contribution in [1.82, 2.24) is 4.98 Å². The van der Waals surface area contributed by atoms with E-state index in [0.717, 1.165) is 17.5 Å². The van der Waals surface area contributed by atoms with Gasteiger partial charge < -0.3 is 10.1 Å². The van der Waals surface area contributed by atoms with Crippen LogP contribution in [0.15, 0.2) is 18.3 Å². The number of rotatable bonds is 5. The molecule has 1 heterocycles. The van der Waals surface area contributed by atoms with Gasteiger partial charge in [0.2, 0.25) is 0 Å². The van der Waals surface area contributed by atoms with Crippen LogP contribution in [-0.4, -0.2) is 17.1 Å². The monoisotopic (exact) mass is 262 g/mol. The van der Waals surface area contributed by atoms with E-state index in [1.54, 1.807) is 0 Å². The first-order chi connectivity index (χ1) is 9.11. The van der Waals surface area contributed by atoms with E-state index in [9.17, 15) is 0 Å². The molecule has 1 aromatic heterocycles. The number of hydrogen-bond acceptors (Lipinski definition) is 3. The molecule has 1 fully saturated rings. The van der Waals surface area contributed by atoms with Crippen molar-refractivity contribution < 1.29 is 4.74 Å². The summed E-state index contributed by atoms with van der Waals surface area (Å²) in [7, 11) is 0. The molecule has 0 amide bonds. The summed E-state index contributed by atoms with van der Waals surface area (Å²) in [5.74, 6) is 3.31. The maximum atomic E-state index is 5.82. The van der Waals surface area contributed by atoms with E-state index in [1.165, 1.54) is 19.3 Å². The predicted molar refractivity (Wildman–Crippen MR) is 79.6 cm³/mol. The number of pyridine rings is 1. The summed E-state index contributed by atoms with van der Waals surface area (Å²) in [6.45, 7) is 8.73. The van der Waals surface area contributed by atoms with Crippen LogP contribution in [-0.2, 0) is 0 Å². The zero-order valence-electron chi connectivity index (χ0n) is 12.5. The van der Waals surface area contributed by atoms with Crippen LogP contribution in [0.25, 0.3) is 0 Å². The Bertz CT molecular complexity index is 405. The third-order valence-corrected chi connectivity index (χ3v) is 4.21. The van der Waals surface area contributed by atoms with Crippen molar-refractivity contribution in [3.05, 3.63) is 18.3 Å². The smallest absolute Gasteiger partial charge is 0.168 e. The molecular formula is C16H26N2O. The van der Waals surface area contributed by atoms with Crippen LogP contribution in [0.2, 0.25) is 0 Å². The number of anilines is 1. The summed E-state index contributed by atoms with van der Waals surface area (Å²) in [6.07, 6.45) is 5.83. The highest BCUT2D eigenvalue weighted by Gasteiger charge is 2.32. The van der Waals surface area contributed by atoms with Crippen molar-refractivity contribution >= 4 is 5.82 Å². The molecule has 0 radical (unpaired) electrons. The lowest BCUT2D eigenvalue weighted by Crippen LogP contribution is -2.25. The second kappa shape index (κ2) is 6.27. The van der Waals surface area contributed by atoms with Crippen molar-refractivity contribution in [1.29, 1.82) is 0 Å². The summed E-state index contributed by atoms with van der Waals surface area (Å²) in [5, 5.41) is 3.59. The molecule has 106 valence electrons. The van der Waals surface area contributed by atoms with Gasteiger partial charge >= 0.3 is 0 Å². The molecule has 3 unspecified atom stereocenters. The maximum absolute atomic E-state index is 5.82. The fourth-order valence-corrected chi connectivity index (χ4v) is 3.05. The summed E-state index contributed by atoms with van der Waals surface area (Å²) < 4.78 is 5.82. The van der Waals surface area contributed by atoms with E-state index >= 15 is 0 Å². The molecule has 0 spiro atoms. The second-order valence-corrected chi connectivity index (χ2v) is 5.87. The Morgan fingerprint density at radius 1 is 1.42 bits per heavy atom. The normalized spacial score (nSPS) is 26.7. The summed E-state index contributed by atoms with van der Waals surface area (Å²) in [5.41, 5.74) is 0. The van der Waals surface area contributed by atoms with Crippen molar-refractivity contribution in [3.63, 3.8) is 0 Å². The minimum absolute atomic E-state index is 0.175. The fraction of sp³-hybridized carbons (Fsp3) is 0.688. The first-order valence-electron chi connectivity index (χ1n) is 7.50. The topological polar surface area (TPSA) is 34.2 Å². The average Bonchev–Trinajstić information content (AvgIpc) is 2.72. The highest BCUT2D eigenvalue weighted by atomic mass is 16.5. The number of ether oxygens (including phenoxy) is 1. The molecule has 3 atom stereocenters. The summed E-state index contributed by atoms with van der Waals surface area (Å²) in [6, 6.07) is 4.44. The lowest BCUT2D eigenvalue weighted by molar-refractivity contribution is 0.242. The first-order valence-corrected chi connectivity index (χ1v) is 7.50. The molecule has 0 bridgehead atoms. The van der Waals surface area contributed by atoms with E-state index in [4.69, 9.17) is 4.74 Å². The molecule has 3 heteroatoms. The van der Waals surface area contributed by atoms with Gasteiger partial charge in [-0.05, 0) is 50.7 Å². The molecule has 1 aromatic rings. The van der Waals surface area contributed by atoms with Crippen molar-refractivity contribution in [2.24, 2.45) is 11.8 Å². The van der Waals surface area contributed by atoms with Crippen molar-refractivity contribution in [3.8, 4) is 5.75 Å². The standard InChI is InChI=1S/C16H26N2O/c1-5-13-8-9-14(12(13)4)18-16-15(19-11(2)3)7-6-10-17-16/h6-7,10-14H,5,8-9H2,1-4H3,(H,17,18). The van der Waals surface area contributed by atoms with Gasteiger partial charge in [0, 0.05) is 12.2 Å². The van der Waals surface area contributed by atoms with E-state index in [-0.39, 0.29) is 6.10 Å². The van der Waals surface area contributed by atoms with Crippen molar-refractivity contribution in [2.45, 2.75) is 59.1 Å². The van der Waals surface area contributed by atoms with Crippen molar-refractivity contribution in [2.75, 3.05) is 5.32 Å². The van der Waals surface area contributed by atoms with E-state index in [2.05, 4.69) is 24.1 Å². The Morgan fingerprint density at radius 3 is 2.84 bits per heavy atom. The van der Waals surface area contributed by atoms with E-state index < -0.39 is 0 Å². The Kier molecular flexibility index (Phi) is 4.67. The zero-order valence-corrected chi connectivity index (χ0v) is 12.5. The number of nitrogens with one attached hydrogen (secondary N) is 1. The third-order valence-electron chi connectivity index (χ3n) is 4.21. The minimum atomic E-state index is 0.175. The number of aromatic nitrogens is 1. The van der Waals surface area contributed by atoms with Crippen LogP contribution in [0.5, 0.6) is 5.75 Å². The second-order valence-electron chi connectivity index (χ2n) is 5.87. The van der Waals surface area contributed by atoms with Crippen LogP contribution < -0.4 is 10.1 Å². The lowest BCUT2D eigenvalue weighted by atomic mass is 9.93. The number of hydrogen-bond donors (Lipinski definition) is 1. The van der Waals surface area contributed by atoms with Gasteiger partial charge in [-0.2, -0.15) is 0 Å². The molecule has 3 nitrogen and oxygen atoms in total. The predicted octanol–water partition coefficient (Wildman–Crippen LogP) is 4.11. The molecule has 19 heavy (non-hydrogen) atoms. The van der Waals surface area contributed by atoms with E-state index in [0.29, 0.717) is 12.0 Å². The highest BCUT2D eigenvalue weighted by molar-refractivity contribution is 5.50. The first kappa shape index (κ1) is 14.2. The Balaban J connectivity index is 2.07. The quantitative estimate of drug-likeness (QED) is 0.867. The van der Waals surface area contributed by atoms with Crippen LogP contribution in [0.3, 0.4) is 0 Å². The average molecular weight is 262 g/mol. The van der Waals surface area contributed by atoms with Crippen LogP contribution in [0, 0.1) is 11.8 Å². The Labute approximate surface area is 116 Å². The van der Waals surface area contributed by atoms with Gasteiger partial charge in [0.25, 0.3) is 0 Å². The van der Waals surface area contributed by atoms with Gasteiger partial charge in [0.1, 0.15) is 0 Å². The largest absolute Gasteiger partial charge is 0.487 e. The Morgan fingerprint density at radius 2 is 2.21 bits per heavy atom. The van der Waals surface area contributed by atoms with Gasteiger partial charge in [-0.25, -0.2) is 4.98 Å². The molecule has 0 aliphatic heterocycles. The molecule has 1 saturated carbocycles. The Hall–Kier alpha value is -1.25. The van der Waals surface area contributed by atoms with Gasteiger partial charge in [-0.1, -0.05) is 20.3 Å². The zero-order chi connectivity index (χ0) is 13.8. The molecular weight excluding hydrogens is 236 g/mol. The minimum Gasteiger partial charge on any atom is -0.487 e. The fourth-order valence-electron chi connectivity index (χ4n) is 3.05. The van der Waals surface area contributed by atoms with Crippen LogP contribution in [0.4, 0.5) is 5.82 Å². The number of nitrogens with zero attached hydrogens (tertiary/aromatic N) is 1. The van der Waals surface area contributed by atoms with Gasteiger partial charge in [0.05, 0.1) is 6.10 Å². The molecule has 1 aliphatic rings. The molecule has 1 aliphatic carbocycles. The van der Waals surface area contributed by atoms with Gasteiger partial charge in [-0.15, -0.1) is 0 Å². The summed E-state index contributed by atoms with van der Waals surface area (Å²) >= 11 is 0. The van der Waals surface area contributed by atoms with Gasteiger partial charge in [0.15, 0.2) is 11.6 Å². The molecule has 2 rings (SSSR count). The highest BCUT2D eigenvalue weighted by Crippen LogP contribution is 2.36. The lowest BCUT2D eigenvalue weighted by Gasteiger charge is -2.23. The molecule has 0 saturated heterocycles. The van der Waals surface area contributed by atoms with Crippen LogP contribution in [0.1, 0.15) is 47.0 Å². The molecule has 0 aromatic carbocycles. The van der Waals surface area contributed by atoms with Gasteiger partial charge in [-0.3, -0.25) is 0 Å².